The summed E-state index contributed by atoms with van der Waals surface area (Å²) in [6, 6.07) is 0.378. The van der Waals surface area contributed by atoms with Crippen LogP contribution in [0, 0.1) is 11.8 Å². The number of carbonyl (C=O) groups excluding carboxylic acids is 1. The zero-order chi connectivity index (χ0) is 12.5. The van der Waals surface area contributed by atoms with Gasteiger partial charge in [0.2, 0.25) is 0 Å². The second-order valence-electron chi connectivity index (χ2n) is 5.48. The number of rotatable bonds is 2. The van der Waals surface area contributed by atoms with Crippen LogP contribution in [0.3, 0.4) is 0 Å². The van der Waals surface area contributed by atoms with E-state index in [1.165, 1.54) is 0 Å². The second-order valence-corrected chi connectivity index (χ2v) is 5.48. The van der Waals surface area contributed by atoms with Crippen molar-refractivity contribution in [3.8, 4) is 0 Å². The van der Waals surface area contributed by atoms with Crippen LogP contribution in [0.4, 0.5) is 0 Å². The first kappa shape index (κ1) is 12.4. The maximum Gasteiger partial charge on any atom is 0.254 e. The van der Waals surface area contributed by atoms with E-state index >= 15 is 0 Å². The summed E-state index contributed by atoms with van der Waals surface area (Å²) in [6.45, 7) is 6.71. The topological polar surface area (TPSA) is 50.8 Å². The fourth-order valence-electron chi connectivity index (χ4n) is 3.61. The minimum atomic E-state index is -0.375. The van der Waals surface area contributed by atoms with Gasteiger partial charge in [0.15, 0.2) is 6.10 Å². The maximum atomic E-state index is 12.5. The van der Waals surface area contributed by atoms with Gasteiger partial charge in [0.05, 0.1) is 19.8 Å². The molecular formula is C13H22N2O3. The van der Waals surface area contributed by atoms with Crippen LogP contribution in [0.2, 0.25) is 0 Å². The molecule has 1 N–H and O–H groups in total. The Hall–Kier alpha value is -0.650. The van der Waals surface area contributed by atoms with Crippen LogP contribution in [0.25, 0.3) is 0 Å². The lowest BCUT2D eigenvalue weighted by molar-refractivity contribution is -0.159. The molecule has 0 aromatic heterocycles. The minimum Gasteiger partial charge on any atom is -0.376 e. The first-order valence-corrected chi connectivity index (χ1v) is 7.01. The number of amides is 1. The van der Waals surface area contributed by atoms with Crippen LogP contribution in [-0.4, -0.2) is 62.4 Å². The molecule has 0 radical (unpaired) electrons. The number of hydrogen-bond acceptors (Lipinski definition) is 4. The zero-order valence-corrected chi connectivity index (χ0v) is 10.9. The van der Waals surface area contributed by atoms with Gasteiger partial charge in [0.1, 0.15) is 0 Å². The van der Waals surface area contributed by atoms with Gasteiger partial charge < -0.3 is 19.7 Å². The number of nitrogens with zero attached hydrogens (tertiary/aromatic N) is 1. The molecule has 18 heavy (non-hydrogen) atoms. The average Bonchev–Trinajstić information content (AvgIpc) is 2.98. The fourth-order valence-corrected chi connectivity index (χ4v) is 3.61. The highest BCUT2D eigenvalue weighted by molar-refractivity contribution is 5.82. The first-order chi connectivity index (χ1) is 8.81. The summed E-state index contributed by atoms with van der Waals surface area (Å²) in [5, 5.41) is 3.43. The monoisotopic (exact) mass is 254 g/mol. The molecule has 4 unspecified atom stereocenters. The molecule has 3 fully saturated rings. The Morgan fingerprint density at radius 2 is 2.28 bits per heavy atom. The van der Waals surface area contributed by atoms with Gasteiger partial charge in [-0.1, -0.05) is 6.92 Å². The Kier molecular flexibility index (Phi) is 3.54. The van der Waals surface area contributed by atoms with E-state index in [4.69, 9.17) is 9.47 Å². The molecule has 0 aromatic carbocycles. The summed E-state index contributed by atoms with van der Waals surface area (Å²) >= 11 is 0. The highest BCUT2D eigenvalue weighted by Crippen LogP contribution is 2.34. The number of likely N-dealkylation sites (tertiary alicyclic amines) is 1. The van der Waals surface area contributed by atoms with Crippen molar-refractivity contribution in [1.82, 2.24) is 10.2 Å². The quantitative estimate of drug-likeness (QED) is 0.745. The van der Waals surface area contributed by atoms with E-state index in [1.54, 1.807) is 0 Å². The van der Waals surface area contributed by atoms with E-state index in [1.807, 2.05) is 0 Å². The summed E-state index contributed by atoms with van der Waals surface area (Å²) in [5.41, 5.74) is 0. The van der Waals surface area contributed by atoms with Crippen molar-refractivity contribution in [2.75, 3.05) is 39.5 Å². The Balaban J connectivity index is 1.69. The summed E-state index contributed by atoms with van der Waals surface area (Å²) in [7, 11) is 0. The molecule has 3 aliphatic rings. The van der Waals surface area contributed by atoms with Crippen molar-refractivity contribution in [1.29, 1.82) is 0 Å². The number of nitrogens with one attached hydrogen (secondary N) is 1. The highest BCUT2D eigenvalue weighted by atomic mass is 16.6. The maximum absolute atomic E-state index is 12.5. The van der Waals surface area contributed by atoms with Crippen molar-refractivity contribution in [3.05, 3.63) is 0 Å². The number of ether oxygens (including phenoxy) is 2. The van der Waals surface area contributed by atoms with E-state index in [2.05, 4.69) is 17.1 Å². The molecule has 5 heteroatoms. The molecule has 4 atom stereocenters. The molecule has 0 bridgehead atoms. The van der Waals surface area contributed by atoms with Gasteiger partial charge in [0, 0.05) is 25.7 Å². The normalized spacial score (nSPS) is 39.9. The largest absolute Gasteiger partial charge is 0.376 e. The summed E-state index contributed by atoms with van der Waals surface area (Å²) < 4.78 is 10.9. The molecule has 3 saturated heterocycles. The molecule has 0 aromatic rings. The summed E-state index contributed by atoms with van der Waals surface area (Å²) in [6.07, 6.45) is 0.655. The molecular weight excluding hydrogens is 232 g/mol. The van der Waals surface area contributed by atoms with Gasteiger partial charge in [-0.2, -0.15) is 0 Å². The van der Waals surface area contributed by atoms with Crippen molar-refractivity contribution in [2.45, 2.75) is 25.5 Å². The van der Waals surface area contributed by atoms with Crippen LogP contribution in [0.15, 0.2) is 0 Å². The number of hydrogen-bond donors (Lipinski definition) is 1. The molecule has 0 aliphatic carbocycles. The van der Waals surface area contributed by atoms with E-state index < -0.39 is 0 Å². The Morgan fingerprint density at radius 1 is 1.39 bits per heavy atom. The Labute approximate surface area is 108 Å². The molecule has 0 saturated carbocycles. The van der Waals surface area contributed by atoms with Gasteiger partial charge >= 0.3 is 0 Å². The predicted molar refractivity (Wildman–Crippen MR) is 66.2 cm³/mol. The van der Waals surface area contributed by atoms with Crippen LogP contribution in [0.1, 0.15) is 13.3 Å². The molecule has 5 nitrogen and oxygen atoms in total. The average molecular weight is 254 g/mol. The molecule has 3 heterocycles. The molecule has 102 valence electrons. The van der Waals surface area contributed by atoms with E-state index in [-0.39, 0.29) is 12.0 Å². The third kappa shape index (κ3) is 2.04. The van der Waals surface area contributed by atoms with Gasteiger partial charge in [-0.15, -0.1) is 0 Å². The Bertz CT molecular complexity index is 317. The van der Waals surface area contributed by atoms with Crippen molar-refractivity contribution >= 4 is 5.91 Å². The number of fused-ring (bicyclic) bond motifs is 1. The number of carbonyl (C=O) groups is 1. The van der Waals surface area contributed by atoms with Gasteiger partial charge in [-0.25, -0.2) is 0 Å². The molecule has 0 spiro atoms. The predicted octanol–water partition coefficient (Wildman–Crippen LogP) is -0.142. The lowest BCUT2D eigenvalue weighted by atomic mass is 9.93. The third-order valence-corrected chi connectivity index (χ3v) is 4.51. The van der Waals surface area contributed by atoms with Crippen molar-refractivity contribution in [2.24, 2.45) is 11.8 Å². The lowest BCUT2D eigenvalue weighted by Crippen LogP contribution is -2.48. The van der Waals surface area contributed by atoms with Crippen LogP contribution in [0.5, 0.6) is 0 Å². The van der Waals surface area contributed by atoms with Gasteiger partial charge in [-0.3, -0.25) is 4.79 Å². The van der Waals surface area contributed by atoms with E-state index in [0.717, 1.165) is 26.1 Å². The Morgan fingerprint density at radius 3 is 3.00 bits per heavy atom. The van der Waals surface area contributed by atoms with Gasteiger partial charge in [0.25, 0.3) is 5.91 Å². The minimum absolute atomic E-state index is 0.135. The third-order valence-electron chi connectivity index (χ3n) is 4.51. The first-order valence-electron chi connectivity index (χ1n) is 7.01. The van der Waals surface area contributed by atoms with Crippen LogP contribution in [-0.2, 0) is 14.3 Å². The van der Waals surface area contributed by atoms with E-state index in [0.29, 0.717) is 37.7 Å². The summed E-state index contributed by atoms with van der Waals surface area (Å²) in [4.78, 5) is 14.6. The molecule has 3 rings (SSSR count). The second kappa shape index (κ2) is 5.15. The summed E-state index contributed by atoms with van der Waals surface area (Å²) in [5.74, 6) is 1.39. The van der Waals surface area contributed by atoms with Crippen molar-refractivity contribution in [3.63, 3.8) is 0 Å². The van der Waals surface area contributed by atoms with Crippen molar-refractivity contribution < 1.29 is 14.3 Å². The smallest absolute Gasteiger partial charge is 0.254 e. The lowest BCUT2D eigenvalue weighted by Gasteiger charge is -2.31. The van der Waals surface area contributed by atoms with Crippen LogP contribution < -0.4 is 5.32 Å². The fraction of sp³-hybridized carbons (Fsp3) is 0.923. The standard InChI is InChI=1S/C13H22N2O3/c1-2-11-10-6-14-5-9(10)7-15(11)13(16)12-8-17-3-4-18-12/h9-12,14H,2-8H2,1H3. The highest BCUT2D eigenvalue weighted by Gasteiger charge is 2.46. The zero-order valence-electron chi connectivity index (χ0n) is 10.9. The van der Waals surface area contributed by atoms with Crippen LogP contribution >= 0.6 is 0 Å². The SMILES string of the molecule is CCC1C2CNCC2CN1C(=O)C1COCCO1. The molecule has 3 aliphatic heterocycles. The molecule has 1 amide bonds. The van der Waals surface area contributed by atoms with E-state index in [9.17, 15) is 4.79 Å². The van der Waals surface area contributed by atoms with Gasteiger partial charge in [-0.05, 0) is 18.3 Å².